The molecule has 0 aromatic carbocycles. The molecule has 1 unspecified atom stereocenters. The van der Waals surface area contributed by atoms with E-state index in [9.17, 15) is 0 Å². The third kappa shape index (κ3) is 4.38. The topological polar surface area (TPSA) is 3.24 Å². The summed E-state index contributed by atoms with van der Waals surface area (Å²) in [6, 6.07) is 0. The van der Waals surface area contributed by atoms with Gasteiger partial charge >= 0.3 is 0 Å². The first-order valence-electron chi connectivity index (χ1n) is 7.19. The Labute approximate surface area is 113 Å². The minimum Gasteiger partial charge on any atom is -0.368 e. The van der Waals surface area contributed by atoms with Crippen LogP contribution in [0.15, 0.2) is 30.2 Å². The number of rotatable bonds is 4. The van der Waals surface area contributed by atoms with E-state index in [0.29, 0.717) is 11.3 Å². The zero-order valence-corrected chi connectivity index (χ0v) is 12.7. The van der Waals surface area contributed by atoms with Crippen LogP contribution in [0.1, 0.15) is 53.4 Å². The van der Waals surface area contributed by atoms with Gasteiger partial charge in [-0.05, 0) is 37.0 Å². The molecule has 0 spiro atoms. The Morgan fingerprint density at radius 1 is 1.39 bits per heavy atom. The van der Waals surface area contributed by atoms with Gasteiger partial charge in [-0.2, -0.15) is 0 Å². The fourth-order valence-electron chi connectivity index (χ4n) is 2.63. The second kappa shape index (κ2) is 6.29. The van der Waals surface area contributed by atoms with Crippen LogP contribution in [0.2, 0.25) is 0 Å². The molecule has 1 aliphatic heterocycles. The zero-order valence-electron chi connectivity index (χ0n) is 12.7. The van der Waals surface area contributed by atoms with E-state index in [0.717, 1.165) is 25.9 Å². The van der Waals surface area contributed by atoms with Gasteiger partial charge < -0.3 is 4.90 Å². The summed E-state index contributed by atoms with van der Waals surface area (Å²) in [6.45, 7) is 19.4. The van der Waals surface area contributed by atoms with E-state index in [1.165, 1.54) is 24.1 Å². The Kier molecular flexibility index (Phi) is 5.28. The molecule has 0 amide bonds. The maximum atomic E-state index is 4.22. The first-order valence-corrected chi connectivity index (χ1v) is 7.19. The van der Waals surface area contributed by atoms with Crippen LogP contribution in [0.5, 0.6) is 0 Å². The first kappa shape index (κ1) is 15.1. The summed E-state index contributed by atoms with van der Waals surface area (Å²) in [5.74, 6) is 0.659. The van der Waals surface area contributed by atoms with Gasteiger partial charge in [-0.1, -0.05) is 46.4 Å². The summed E-state index contributed by atoms with van der Waals surface area (Å²) < 4.78 is 0. The fourth-order valence-corrected chi connectivity index (χ4v) is 2.63. The Hall–Kier alpha value is -0.940. The number of likely N-dealkylation sites (tertiary alicyclic amines) is 1. The molecule has 0 aromatic heterocycles. The monoisotopic (exact) mass is 247 g/mol. The second-order valence-electron chi connectivity index (χ2n) is 6.66. The van der Waals surface area contributed by atoms with Crippen LogP contribution in [0, 0.1) is 11.3 Å². The van der Waals surface area contributed by atoms with Crippen molar-refractivity contribution < 1.29 is 0 Å². The van der Waals surface area contributed by atoms with Crippen molar-refractivity contribution in [1.29, 1.82) is 0 Å². The lowest BCUT2D eigenvalue weighted by Crippen LogP contribution is -2.36. The van der Waals surface area contributed by atoms with E-state index in [1.807, 2.05) is 0 Å². The molecule has 1 fully saturated rings. The smallest absolute Gasteiger partial charge is 0.0563 e. The summed E-state index contributed by atoms with van der Waals surface area (Å²) in [7, 11) is 0. The van der Waals surface area contributed by atoms with Crippen LogP contribution in [0.25, 0.3) is 0 Å². The van der Waals surface area contributed by atoms with Crippen LogP contribution < -0.4 is 0 Å². The molecule has 0 bridgehead atoms. The predicted octanol–water partition coefficient (Wildman–Crippen LogP) is 4.77. The third-order valence-corrected chi connectivity index (χ3v) is 3.74. The van der Waals surface area contributed by atoms with Gasteiger partial charge in [0.2, 0.25) is 0 Å². The molecule has 1 saturated heterocycles. The Balaban J connectivity index is 2.70. The van der Waals surface area contributed by atoms with Crippen LogP contribution in [0.3, 0.4) is 0 Å². The summed E-state index contributed by atoms with van der Waals surface area (Å²) in [6.07, 6.45) is 4.72. The number of piperidine rings is 1. The van der Waals surface area contributed by atoms with E-state index < -0.39 is 0 Å². The van der Waals surface area contributed by atoms with Gasteiger partial charge in [-0.15, -0.1) is 5.73 Å². The quantitative estimate of drug-likeness (QED) is 0.511. The summed E-state index contributed by atoms with van der Waals surface area (Å²) in [4.78, 5) is 2.48. The van der Waals surface area contributed by atoms with Crippen molar-refractivity contribution in [1.82, 2.24) is 4.90 Å². The van der Waals surface area contributed by atoms with Crippen molar-refractivity contribution in [2.75, 3.05) is 13.1 Å². The number of allylic oxidation sites excluding steroid dienone is 1. The number of nitrogens with zero attached hydrogens (tertiary/aromatic N) is 1. The first-order chi connectivity index (χ1) is 8.37. The molecule has 0 saturated carbocycles. The average molecular weight is 247 g/mol. The standard InChI is InChI=1S/C17H29N/c1-7-14(3)15-10-9-11-18(13-15)16(8-2)12-17(4,5)6/h15H,2-3,7,9-13H2,1,4-6H3. The zero-order chi connectivity index (χ0) is 13.8. The number of hydrogen-bond donors (Lipinski definition) is 0. The van der Waals surface area contributed by atoms with Gasteiger partial charge in [0.05, 0.1) is 5.70 Å². The minimum absolute atomic E-state index is 0.300. The van der Waals surface area contributed by atoms with Gasteiger partial charge in [-0.3, -0.25) is 0 Å². The van der Waals surface area contributed by atoms with Crippen molar-refractivity contribution in [3.63, 3.8) is 0 Å². The van der Waals surface area contributed by atoms with Crippen LogP contribution >= 0.6 is 0 Å². The molecule has 1 rings (SSSR count). The highest BCUT2D eigenvalue weighted by molar-refractivity contribution is 5.08. The SMILES string of the molecule is C=C=C(CC(C)(C)C)N1CCCC(C(=C)CC)C1. The maximum Gasteiger partial charge on any atom is 0.0563 e. The molecule has 0 N–H and O–H groups in total. The van der Waals surface area contributed by atoms with Crippen LogP contribution in [-0.2, 0) is 0 Å². The largest absolute Gasteiger partial charge is 0.368 e. The highest BCUT2D eigenvalue weighted by atomic mass is 15.1. The van der Waals surface area contributed by atoms with Crippen LogP contribution in [0.4, 0.5) is 0 Å². The average Bonchev–Trinajstić information content (AvgIpc) is 2.34. The van der Waals surface area contributed by atoms with E-state index in [1.54, 1.807) is 0 Å². The predicted molar refractivity (Wildman–Crippen MR) is 80.5 cm³/mol. The summed E-state index contributed by atoms with van der Waals surface area (Å²) in [5.41, 5.74) is 6.16. The Morgan fingerprint density at radius 2 is 2.06 bits per heavy atom. The molecule has 102 valence electrons. The lowest BCUT2D eigenvalue weighted by molar-refractivity contribution is 0.214. The Bertz CT molecular complexity index is 339. The van der Waals surface area contributed by atoms with E-state index in [-0.39, 0.29) is 0 Å². The van der Waals surface area contributed by atoms with E-state index in [4.69, 9.17) is 0 Å². The van der Waals surface area contributed by atoms with E-state index in [2.05, 4.69) is 51.5 Å². The van der Waals surface area contributed by atoms with E-state index >= 15 is 0 Å². The molecule has 1 heteroatoms. The molecule has 0 aromatic rings. The van der Waals surface area contributed by atoms with Crippen molar-refractivity contribution in [3.8, 4) is 0 Å². The van der Waals surface area contributed by atoms with Crippen molar-refractivity contribution >= 4 is 0 Å². The maximum absolute atomic E-state index is 4.22. The molecule has 0 aliphatic carbocycles. The normalized spacial score (nSPS) is 20.4. The molecule has 1 heterocycles. The van der Waals surface area contributed by atoms with Crippen molar-refractivity contribution in [3.05, 3.63) is 30.2 Å². The Morgan fingerprint density at radius 3 is 2.56 bits per heavy atom. The second-order valence-corrected chi connectivity index (χ2v) is 6.66. The van der Waals surface area contributed by atoms with Crippen molar-refractivity contribution in [2.45, 2.75) is 53.4 Å². The molecule has 1 nitrogen and oxygen atoms in total. The van der Waals surface area contributed by atoms with Crippen LogP contribution in [-0.4, -0.2) is 18.0 Å². The highest BCUT2D eigenvalue weighted by Gasteiger charge is 2.24. The van der Waals surface area contributed by atoms with Gasteiger partial charge in [0.15, 0.2) is 0 Å². The molecule has 0 radical (unpaired) electrons. The third-order valence-electron chi connectivity index (χ3n) is 3.74. The molecular weight excluding hydrogens is 218 g/mol. The van der Waals surface area contributed by atoms with Gasteiger partial charge in [-0.25, -0.2) is 0 Å². The lowest BCUT2D eigenvalue weighted by Gasteiger charge is -2.37. The minimum atomic E-state index is 0.300. The highest BCUT2D eigenvalue weighted by Crippen LogP contribution is 2.31. The fraction of sp³-hybridized carbons (Fsp3) is 0.706. The summed E-state index contributed by atoms with van der Waals surface area (Å²) >= 11 is 0. The van der Waals surface area contributed by atoms with Gasteiger partial charge in [0, 0.05) is 13.1 Å². The van der Waals surface area contributed by atoms with Gasteiger partial charge in [0.1, 0.15) is 0 Å². The number of hydrogen-bond acceptors (Lipinski definition) is 1. The molecule has 1 atom stereocenters. The van der Waals surface area contributed by atoms with Gasteiger partial charge in [0.25, 0.3) is 0 Å². The molecular formula is C17H29N. The lowest BCUT2D eigenvalue weighted by atomic mass is 9.87. The summed E-state index contributed by atoms with van der Waals surface area (Å²) in [5, 5.41) is 0. The molecule has 18 heavy (non-hydrogen) atoms. The van der Waals surface area contributed by atoms with Crippen molar-refractivity contribution in [2.24, 2.45) is 11.3 Å². The molecule has 1 aliphatic rings.